The van der Waals surface area contributed by atoms with E-state index < -0.39 is 5.97 Å². The topological polar surface area (TPSA) is 55.8 Å². The van der Waals surface area contributed by atoms with Crippen molar-refractivity contribution in [1.82, 2.24) is 0 Å². The summed E-state index contributed by atoms with van der Waals surface area (Å²) in [5.41, 5.74) is 0. The van der Waals surface area contributed by atoms with Crippen molar-refractivity contribution in [2.75, 3.05) is 14.2 Å². The zero-order valence-corrected chi connectivity index (χ0v) is 8.03. The summed E-state index contributed by atoms with van der Waals surface area (Å²) in [7, 11) is 3.06. The number of hydrogen-bond acceptors (Lipinski definition) is 3. The standard InChI is InChI=1S/C9H16O4/c1-12-8(13-2)5-7(9(10)11)6-3-4-6/h6-8H,3-5H2,1-2H3,(H,10,11)/t7-/m0/s1. The summed E-state index contributed by atoms with van der Waals surface area (Å²) in [5, 5.41) is 8.91. The normalized spacial score (nSPS) is 19.0. The Balaban J connectivity index is 2.41. The third kappa shape index (κ3) is 2.97. The Hall–Kier alpha value is -0.610. The molecule has 0 bridgehead atoms. The van der Waals surface area contributed by atoms with Crippen molar-refractivity contribution >= 4 is 5.97 Å². The SMILES string of the molecule is COC(C[C@H](C(=O)O)C1CC1)OC. The Labute approximate surface area is 77.8 Å². The van der Waals surface area contributed by atoms with Crippen LogP contribution < -0.4 is 0 Å². The molecule has 1 aliphatic carbocycles. The fourth-order valence-corrected chi connectivity index (χ4v) is 1.49. The zero-order valence-electron chi connectivity index (χ0n) is 8.03. The number of carboxylic acids is 1. The fraction of sp³-hybridized carbons (Fsp3) is 0.889. The van der Waals surface area contributed by atoms with Crippen LogP contribution in [-0.4, -0.2) is 31.6 Å². The molecule has 0 unspecified atom stereocenters. The number of hydrogen-bond donors (Lipinski definition) is 1. The minimum Gasteiger partial charge on any atom is -0.481 e. The molecule has 1 rings (SSSR count). The van der Waals surface area contributed by atoms with Crippen molar-refractivity contribution in [2.45, 2.75) is 25.6 Å². The van der Waals surface area contributed by atoms with E-state index in [1.165, 1.54) is 14.2 Å². The molecule has 0 aromatic rings. The Kier molecular flexibility index (Phi) is 3.69. The van der Waals surface area contributed by atoms with E-state index in [-0.39, 0.29) is 12.2 Å². The lowest BCUT2D eigenvalue weighted by atomic mass is 10.00. The maximum Gasteiger partial charge on any atom is 0.306 e. The first-order valence-electron chi connectivity index (χ1n) is 4.47. The summed E-state index contributed by atoms with van der Waals surface area (Å²) in [6.45, 7) is 0. The van der Waals surface area contributed by atoms with Crippen LogP contribution in [0.5, 0.6) is 0 Å². The summed E-state index contributed by atoms with van der Waals surface area (Å²) < 4.78 is 9.94. The first-order chi connectivity index (χ1) is 6.19. The minimum absolute atomic E-state index is 0.301. The van der Waals surface area contributed by atoms with Gasteiger partial charge < -0.3 is 14.6 Å². The molecule has 1 saturated carbocycles. The zero-order chi connectivity index (χ0) is 9.84. The summed E-state index contributed by atoms with van der Waals surface area (Å²) in [4.78, 5) is 10.8. The molecular formula is C9H16O4. The highest BCUT2D eigenvalue weighted by Gasteiger charge is 2.37. The number of carbonyl (C=O) groups is 1. The third-order valence-corrected chi connectivity index (χ3v) is 2.48. The van der Waals surface area contributed by atoms with Crippen molar-refractivity contribution in [3.05, 3.63) is 0 Å². The summed E-state index contributed by atoms with van der Waals surface area (Å²) in [6.07, 6.45) is 2.11. The highest BCUT2D eigenvalue weighted by Crippen LogP contribution is 2.39. The van der Waals surface area contributed by atoms with Gasteiger partial charge in [-0.25, -0.2) is 0 Å². The maximum atomic E-state index is 10.8. The molecule has 0 spiro atoms. The van der Waals surface area contributed by atoms with Gasteiger partial charge in [-0.2, -0.15) is 0 Å². The minimum atomic E-state index is -0.735. The number of methoxy groups -OCH3 is 2. The van der Waals surface area contributed by atoms with Gasteiger partial charge >= 0.3 is 5.97 Å². The van der Waals surface area contributed by atoms with Gasteiger partial charge in [-0.3, -0.25) is 4.79 Å². The van der Waals surface area contributed by atoms with Gasteiger partial charge in [0.2, 0.25) is 0 Å². The van der Waals surface area contributed by atoms with Crippen molar-refractivity contribution in [2.24, 2.45) is 11.8 Å². The molecule has 0 aliphatic heterocycles. The summed E-state index contributed by atoms with van der Waals surface area (Å²) in [6, 6.07) is 0. The van der Waals surface area contributed by atoms with Gasteiger partial charge in [0.1, 0.15) is 0 Å². The second-order valence-corrected chi connectivity index (χ2v) is 3.42. The molecule has 1 aliphatic rings. The van der Waals surface area contributed by atoms with Crippen LogP contribution in [0.15, 0.2) is 0 Å². The highest BCUT2D eigenvalue weighted by molar-refractivity contribution is 5.70. The number of ether oxygens (including phenoxy) is 2. The van der Waals surface area contributed by atoms with E-state index in [1.54, 1.807) is 0 Å². The van der Waals surface area contributed by atoms with Gasteiger partial charge in [-0.05, 0) is 18.8 Å². The molecule has 76 valence electrons. The molecule has 1 atom stereocenters. The second kappa shape index (κ2) is 4.58. The molecule has 0 amide bonds. The van der Waals surface area contributed by atoms with Crippen molar-refractivity contribution < 1.29 is 19.4 Å². The van der Waals surface area contributed by atoms with Crippen LogP contribution in [-0.2, 0) is 14.3 Å². The lowest BCUT2D eigenvalue weighted by Gasteiger charge is -2.17. The van der Waals surface area contributed by atoms with Crippen LogP contribution in [0.1, 0.15) is 19.3 Å². The van der Waals surface area contributed by atoms with E-state index in [9.17, 15) is 4.79 Å². The third-order valence-electron chi connectivity index (χ3n) is 2.48. The Bertz CT molecular complexity index is 172. The summed E-state index contributed by atoms with van der Waals surface area (Å²) >= 11 is 0. The highest BCUT2D eigenvalue weighted by atomic mass is 16.7. The monoisotopic (exact) mass is 188 g/mol. The Morgan fingerprint density at radius 1 is 1.46 bits per heavy atom. The van der Waals surface area contributed by atoms with Gasteiger partial charge in [0, 0.05) is 20.6 Å². The van der Waals surface area contributed by atoms with E-state index in [0.717, 1.165) is 12.8 Å². The van der Waals surface area contributed by atoms with Crippen LogP contribution >= 0.6 is 0 Å². The molecule has 4 heteroatoms. The first-order valence-corrected chi connectivity index (χ1v) is 4.47. The Morgan fingerprint density at radius 3 is 2.31 bits per heavy atom. The van der Waals surface area contributed by atoms with Gasteiger partial charge in [-0.1, -0.05) is 0 Å². The molecule has 0 radical (unpaired) electrons. The van der Waals surface area contributed by atoms with Gasteiger partial charge in [0.15, 0.2) is 6.29 Å². The largest absolute Gasteiger partial charge is 0.481 e. The van der Waals surface area contributed by atoms with Crippen molar-refractivity contribution in [3.8, 4) is 0 Å². The van der Waals surface area contributed by atoms with Crippen LogP contribution in [0.25, 0.3) is 0 Å². The Morgan fingerprint density at radius 2 is 2.00 bits per heavy atom. The van der Waals surface area contributed by atoms with Crippen LogP contribution in [0.4, 0.5) is 0 Å². The average Bonchev–Trinajstić information content (AvgIpc) is 2.89. The molecule has 0 aromatic heterocycles. The number of aliphatic carboxylic acids is 1. The van der Waals surface area contributed by atoms with E-state index in [0.29, 0.717) is 12.3 Å². The lowest BCUT2D eigenvalue weighted by molar-refractivity contribution is -0.152. The number of rotatable bonds is 6. The molecular weight excluding hydrogens is 172 g/mol. The molecule has 1 N–H and O–H groups in total. The molecule has 1 fully saturated rings. The molecule has 0 aromatic carbocycles. The van der Waals surface area contributed by atoms with E-state index in [2.05, 4.69) is 0 Å². The number of carboxylic acid groups (broad SMARTS) is 1. The second-order valence-electron chi connectivity index (χ2n) is 3.42. The lowest BCUT2D eigenvalue weighted by Crippen LogP contribution is -2.24. The van der Waals surface area contributed by atoms with E-state index in [1.807, 2.05) is 0 Å². The molecule has 0 heterocycles. The van der Waals surface area contributed by atoms with Gasteiger partial charge in [0.25, 0.3) is 0 Å². The van der Waals surface area contributed by atoms with Gasteiger partial charge in [0.05, 0.1) is 5.92 Å². The first kappa shape index (κ1) is 10.5. The summed E-state index contributed by atoms with van der Waals surface area (Å²) in [5.74, 6) is -0.697. The van der Waals surface area contributed by atoms with Crippen molar-refractivity contribution in [1.29, 1.82) is 0 Å². The van der Waals surface area contributed by atoms with Crippen LogP contribution in [0.2, 0.25) is 0 Å². The van der Waals surface area contributed by atoms with Crippen molar-refractivity contribution in [3.63, 3.8) is 0 Å². The average molecular weight is 188 g/mol. The molecule has 0 saturated heterocycles. The van der Waals surface area contributed by atoms with Gasteiger partial charge in [-0.15, -0.1) is 0 Å². The predicted octanol–water partition coefficient (Wildman–Crippen LogP) is 1.11. The van der Waals surface area contributed by atoms with E-state index in [4.69, 9.17) is 14.6 Å². The smallest absolute Gasteiger partial charge is 0.306 e. The maximum absolute atomic E-state index is 10.8. The molecule has 13 heavy (non-hydrogen) atoms. The van der Waals surface area contributed by atoms with Crippen LogP contribution in [0.3, 0.4) is 0 Å². The van der Waals surface area contributed by atoms with E-state index >= 15 is 0 Å². The fourth-order valence-electron chi connectivity index (χ4n) is 1.49. The van der Waals surface area contributed by atoms with Crippen LogP contribution in [0, 0.1) is 11.8 Å². The predicted molar refractivity (Wildman–Crippen MR) is 46.3 cm³/mol. The quantitative estimate of drug-likeness (QED) is 0.634. The molecule has 4 nitrogen and oxygen atoms in total.